The monoisotopic (exact) mass is 332 g/mol. The van der Waals surface area contributed by atoms with Gasteiger partial charge >= 0.3 is 6.03 Å². The first-order valence-electron chi connectivity index (χ1n) is 6.16. The number of nitrogens with zero attached hydrogens (tertiary/aromatic N) is 1. The number of nitro groups is 1. The Bertz CT molecular complexity index is 616. The van der Waals surface area contributed by atoms with Crippen LogP contribution in [0.4, 0.5) is 10.5 Å². The number of non-ortho nitro benzene ring substituents is 1. The lowest BCUT2D eigenvalue weighted by atomic mass is 10.3. The van der Waals surface area contributed by atoms with Gasteiger partial charge in [0.25, 0.3) is 15.7 Å². The number of hydrogen-bond donors (Lipinski definition) is 3. The highest BCUT2D eigenvalue weighted by molar-refractivity contribution is 7.89. The number of rotatable bonds is 8. The number of hydrazine groups is 1. The average Bonchev–Trinajstić information content (AvgIpc) is 2.50. The van der Waals surface area contributed by atoms with Crippen LogP contribution in [0.25, 0.3) is 0 Å². The number of methoxy groups -OCH3 is 1. The standard InChI is InChI=1S/C11H16N4O6S/c1-21-8-2-7-12-11(16)13-14-22(19,20)10-5-3-9(4-6-10)15(17)18/h3-6,14H,2,7-8H2,1H3,(H2,12,13,16). The first kappa shape index (κ1) is 17.8. The molecule has 122 valence electrons. The Balaban J connectivity index is 2.53. The first-order chi connectivity index (χ1) is 10.4. The van der Waals surface area contributed by atoms with Crippen molar-refractivity contribution in [1.82, 2.24) is 15.6 Å². The molecular formula is C11H16N4O6S. The maximum atomic E-state index is 11.9. The van der Waals surface area contributed by atoms with Gasteiger partial charge in [-0.05, 0) is 18.6 Å². The predicted octanol–water partition coefficient (Wildman–Crippen LogP) is 0.124. The van der Waals surface area contributed by atoms with Gasteiger partial charge in [0.05, 0.1) is 9.82 Å². The van der Waals surface area contributed by atoms with Gasteiger partial charge in [-0.3, -0.25) is 15.5 Å². The minimum atomic E-state index is -4.00. The van der Waals surface area contributed by atoms with E-state index in [1.54, 1.807) is 0 Å². The van der Waals surface area contributed by atoms with Gasteiger partial charge in [0.1, 0.15) is 0 Å². The number of benzene rings is 1. The molecule has 0 aliphatic carbocycles. The zero-order chi connectivity index (χ0) is 16.6. The minimum Gasteiger partial charge on any atom is -0.385 e. The number of ether oxygens (including phenoxy) is 1. The minimum absolute atomic E-state index is 0.210. The van der Waals surface area contributed by atoms with Crippen LogP contribution in [0.2, 0.25) is 0 Å². The molecule has 10 nitrogen and oxygen atoms in total. The van der Waals surface area contributed by atoms with Crippen molar-refractivity contribution in [1.29, 1.82) is 0 Å². The second-order valence-corrected chi connectivity index (χ2v) is 5.77. The SMILES string of the molecule is COCCCNC(=O)NNS(=O)(=O)c1ccc([N+](=O)[O-])cc1. The number of carbonyl (C=O) groups excluding carboxylic acids is 1. The summed E-state index contributed by atoms with van der Waals surface area (Å²) in [5, 5.41) is 12.9. The highest BCUT2D eigenvalue weighted by atomic mass is 32.2. The molecule has 0 aromatic heterocycles. The summed E-state index contributed by atoms with van der Waals surface area (Å²) in [5.41, 5.74) is 1.74. The smallest absolute Gasteiger partial charge is 0.329 e. The number of sulfonamides is 1. The lowest BCUT2D eigenvalue weighted by Gasteiger charge is -2.09. The first-order valence-corrected chi connectivity index (χ1v) is 7.64. The Morgan fingerprint density at radius 2 is 1.95 bits per heavy atom. The fraction of sp³-hybridized carbons (Fsp3) is 0.364. The summed E-state index contributed by atoms with van der Waals surface area (Å²) in [6, 6.07) is 3.53. The summed E-state index contributed by atoms with van der Waals surface area (Å²) in [5.74, 6) is 0. The topological polar surface area (TPSA) is 140 Å². The number of carbonyl (C=O) groups is 1. The van der Waals surface area contributed by atoms with Crippen LogP contribution in [0.1, 0.15) is 6.42 Å². The fourth-order valence-electron chi connectivity index (χ4n) is 1.38. The van der Waals surface area contributed by atoms with Crippen LogP contribution in [-0.4, -0.2) is 39.6 Å². The summed E-state index contributed by atoms with van der Waals surface area (Å²) in [7, 11) is -2.48. The van der Waals surface area contributed by atoms with E-state index in [4.69, 9.17) is 4.74 Å². The molecule has 0 saturated heterocycles. The lowest BCUT2D eigenvalue weighted by molar-refractivity contribution is -0.384. The highest BCUT2D eigenvalue weighted by Crippen LogP contribution is 2.15. The molecular weight excluding hydrogens is 316 g/mol. The Hall–Kier alpha value is -2.24. The van der Waals surface area contributed by atoms with Gasteiger partial charge in [0.15, 0.2) is 0 Å². The molecule has 0 atom stereocenters. The molecule has 3 N–H and O–H groups in total. The zero-order valence-electron chi connectivity index (χ0n) is 11.7. The van der Waals surface area contributed by atoms with Crippen molar-refractivity contribution in [2.24, 2.45) is 0 Å². The predicted molar refractivity (Wildman–Crippen MR) is 76.4 cm³/mol. The van der Waals surface area contributed by atoms with E-state index in [1.807, 2.05) is 10.3 Å². The quantitative estimate of drug-likeness (QED) is 0.351. The van der Waals surface area contributed by atoms with E-state index in [9.17, 15) is 23.3 Å². The van der Waals surface area contributed by atoms with Gasteiger partial charge in [-0.15, -0.1) is 4.83 Å². The van der Waals surface area contributed by atoms with E-state index in [1.165, 1.54) is 7.11 Å². The van der Waals surface area contributed by atoms with Crippen LogP contribution in [0, 0.1) is 10.1 Å². The van der Waals surface area contributed by atoms with Crippen molar-refractivity contribution in [2.75, 3.05) is 20.3 Å². The molecule has 1 aromatic carbocycles. The highest BCUT2D eigenvalue weighted by Gasteiger charge is 2.16. The molecule has 0 unspecified atom stereocenters. The van der Waals surface area contributed by atoms with Crippen molar-refractivity contribution < 1.29 is 22.9 Å². The summed E-state index contributed by atoms with van der Waals surface area (Å²) in [6.07, 6.45) is 0.582. The lowest BCUT2D eigenvalue weighted by Crippen LogP contribution is -2.47. The second kappa shape index (κ2) is 8.26. The van der Waals surface area contributed by atoms with E-state index in [0.29, 0.717) is 19.6 Å². The van der Waals surface area contributed by atoms with Crippen molar-refractivity contribution in [3.8, 4) is 0 Å². The average molecular weight is 332 g/mol. The molecule has 0 heterocycles. The Morgan fingerprint density at radius 1 is 1.32 bits per heavy atom. The van der Waals surface area contributed by atoms with Crippen molar-refractivity contribution >= 4 is 21.7 Å². The van der Waals surface area contributed by atoms with Crippen LogP contribution in [-0.2, 0) is 14.8 Å². The summed E-state index contributed by atoms with van der Waals surface area (Å²) in [4.78, 5) is 22.9. The van der Waals surface area contributed by atoms with Crippen LogP contribution in [0.15, 0.2) is 29.2 Å². The van der Waals surface area contributed by atoms with Crippen LogP contribution in [0.3, 0.4) is 0 Å². The van der Waals surface area contributed by atoms with Gasteiger partial charge in [-0.1, -0.05) is 0 Å². The largest absolute Gasteiger partial charge is 0.385 e. The van der Waals surface area contributed by atoms with Gasteiger partial charge in [0, 0.05) is 32.4 Å². The fourth-order valence-corrected chi connectivity index (χ4v) is 2.22. The molecule has 1 rings (SSSR count). The Morgan fingerprint density at radius 3 is 2.50 bits per heavy atom. The molecule has 0 spiro atoms. The normalized spacial score (nSPS) is 11.0. The number of nitro benzene ring substituents is 1. The summed E-state index contributed by atoms with van der Waals surface area (Å²) in [6.45, 7) is 0.785. The van der Waals surface area contributed by atoms with Gasteiger partial charge < -0.3 is 10.1 Å². The molecule has 0 bridgehead atoms. The third-order valence-electron chi connectivity index (χ3n) is 2.47. The molecule has 0 fully saturated rings. The summed E-state index contributed by atoms with van der Waals surface area (Å²) < 4.78 is 28.5. The van der Waals surface area contributed by atoms with Gasteiger partial charge in [-0.2, -0.15) is 0 Å². The van der Waals surface area contributed by atoms with Crippen LogP contribution >= 0.6 is 0 Å². The van der Waals surface area contributed by atoms with E-state index >= 15 is 0 Å². The number of hydrogen-bond acceptors (Lipinski definition) is 6. The third kappa shape index (κ3) is 5.63. The van der Waals surface area contributed by atoms with E-state index in [0.717, 1.165) is 24.3 Å². The molecule has 2 amide bonds. The van der Waals surface area contributed by atoms with E-state index < -0.39 is 21.0 Å². The van der Waals surface area contributed by atoms with Crippen LogP contribution in [0.5, 0.6) is 0 Å². The van der Waals surface area contributed by atoms with E-state index in [2.05, 4.69) is 5.32 Å². The number of amides is 2. The van der Waals surface area contributed by atoms with Crippen molar-refractivity contribution in [2.45, 2.75) is 11.3 Å². The van der Waals surface area contributed by atoms with Gasteiger partial charge in [-0.25, -0.2) is 13.2 Å². The summed E-state index contributed by atoms with van der Waals surface area (Å²) >= 11 is 0. The van der Waals surface area contributed by atoms with Crippen LogP contribution < -0.4 is 15.6 Å². The molecule has 0 saturated carbocycles. The Kier molecular flexibility index (Phi) is 6.69. The second-order valence-electron chi connectivity index (χ2n) is 4.08. The zero-order valence-corrected chi connectivity index (χ0v) is 12.6. The maximum Gasteiger partial charge on any atom is 0.329 e. The van der Waals surface area contributed by atoms with E-state index in [-0.39, 0.29) is 10.6 Å². The Labute approximate surface area is 127 Å². The van der Waals surface area contributed by atoms with Gasteiger partial charge in [0.2, 0.25) is 0 Å². The molecule has 0 aliphatic heterocycles. The van der Waals surface area contributed by atoms with Crippen molar-refractivity contribution in [3.63, 3.8) is 0 Å². The number of nitrogens with one attached hydrogen (secondary N) is 3. The molecule has 22 heavy (non-hydrogen) atoms. The molecule has 11 heteroatoms. The third-order valence-corrected chi connectivity index (χ3v) is 3.73. The number of urea groups is 1. The molecule has 0 aliphatic rings. The van der Waals surface area contributed by atoms with Crippen molar-refractivity contribution in [3.05, 3.63) is 34.4 Å². The molecule has 0 radical (unpaired) electrons. The maximum absolute atomic E-state index is 11.9. The molecule has 1 aromatic rings.